The highest BCUT2D eigenvalue weighted by atomic mass is 35.7. The highest BCUT2D eigenvalue weighted by Gasteiger charge is 2.23. The van der Waals surface area contributed by atoms with Gasteiger partial charge in [-0.25, -0.2) is 8.42 Å². The Balaban J connectivity index is 3.38. The fourth-order valence-corrected chi connectivity index (χ4v) is 2.23. The third-order valence-corrected chi connectivity index (χ3v) is 4.61. The third-order valence-electron chi connectivity index (χ3n) is 2.71. The van der Waals surface area contributed by atoms with Crippen molar-refractivity contribution in [3.05, 3.63) is 28.8 Å². The molecular weight excluding hydrogens is 248 g/mol. The molecule has 0 radical (unpaired) electrons. The van der Waals surface area contributed by atoms with Crippen molar-refractivity contribution in [3.8, 4) is 5.75 Å². The van der Waals surface area contributed by atoms with Crippen molar-refractivity contribution >= 4 is 19.7 Å². The number of rotatable bonds is 3. The van der Waals surface area contributed by atoms with Gasteiger partial charge in [-0.2, -0.15) is 0 Å². The molecule has 90 valence electrons. The first kappa shape index (κ1) is 13.3. The summed E-state index contributed by atoms with van der Waals surface area (Å²) in [6, 6.07) is 3.63. The molecule has 0 heterocycles. The number of hydrogen-bond donors (Lipinski definition) is 0. The first-order chi connectivity index (χ1) is 7.27. The van der Waals surface area contributed by atoms with Gasteiger partial charge in [0.15, 0.2) is 0 Å². The van der Waals surface area contributed by atoms with Crippen LogP contribution in [0.3, 0.4) is 0 Å². The molecule has 0 saturated heterocycles. The minimum absolute atomic E-state index is 0.555. The quantitative estimate of drug-likeness (QED) is 0.787. The molecule has 1 unspecified atom stereocenters. The minimum Gasteiger partial charge on any atom is -0.496 e. The Morgan fingerprint density at radius 3 is 2.19 bits per heavy atom. The maximum atomic E-state index is 11.3. The van der Waals surface area contributed by atoms with Crippen molar-refractivity contribution in [2.45, 2.75) is 26.0 Å². The molecule has 0 bridgehead atoms. The number of methoxy groups -OCH3 is 1. The van der Waals surface area contributed by atoms with Gasteiger partial charge in [-0.1, -0.05) is 6.07 Å². The Bertz CT molecular complexity index is 494. The molecule has 0 spiro atoms. The van der Waals surface area contributed by atoms with Gasteiger partial charge in [0, 0.05) is 16.2 Å². The molecule has 0 fully saturated rings. The van der Waals surface area contributed by atoms with Crippen molar-refractivity contribution in [3.63, 3.8) is 0 Å². The smallest absolute Gasteiger partial charge is 0.239 e. The van der Waals surface area contributed by atoms with Gasteiger partial charge < -0.3 is 4.74 Å². The second kappa shape index (κ2) is 4.63. The van der Waals surface area contributed by atoms with Crippen LogP contribution in [0.15, 0.2) is 12.1 Å². The van der Waals surface area contributed by atoms with E-state index >= 15 is 0 Å². The molecule has 1 aromatic carbocycles. The number of aryl methyl sites for hydroxylation is 2. The lowest BCUT2D eigenvalue weighted by molar-refractivity contribution is 0.409. The molecule has 0 amide bonds. The Morgan fingerprint density at radius 1 is 1.25 bits per heavy atom. The summed E-state index contributed by atoms with van der Waals surface area (Å²) in [6.07, 6.45) is 0. The third kappa shape index (κ3) is 2.68. The van der Waals surface area contributed by atoms with Crippen molar-refractivity contribution in [1.82, 2.24) is 0 Å². The van der Waals surface area contributed by atoms with Crippen molar-refractivity contribution in [2.24, 2.45) is 0 Å². The maximum Gasteiger partial charge on any atom is 0.239 e. The Morgan fingerprint density at radius 2 is 1.75 bits per heavy atom. The molecule has 1 aromatic rings. The van der Waals surface area contributed by atoms with Crippen LogP contribution < -0.4 is 4.74 Å². The predicted molar refractivity (Wildman–Crippen MR) is 65.7 cm³/mol. The van der Waals surface area contributed by atoms with Gasteiger partial charge in [0.25, 0.3) is 0 Å². The highest BCUT2D eigenvalue weighted by Crippen LogP contribution is 2.34. The van der Waals surface area contributed by atoms with Crippen LogP contribution in [0.25, 0.3) is 0 Å². The van der Waals surface area contributed by atoms with E-state index in [1.54, 1.807) is 13.0 Å². The summed E-state index contributed by atoms with van der Waals surface area (Å²) in [5.41, 5.74) is 2.67. The summed E-state index contributed by atoms with van der Waals surface area (Å²) in [7, 11) is 3.25. The number of halogens is 1. The minimum atomic E-state index is -3.63. The fraction of sp³-hybridized carbons (Fsp3) is 0.455. The molecule has 5 heteroatoms. The van der Waals surface area contributed by atoms with Crippen LogP contribution in [0.1, 0.15) is 28.9 Å². The summed E-state index contributed by atoms with van der Waals surface area (Å²) in [6.45, 7) is 5.42. The number of benzene rings is 1. The largest absolute Gasteiger partial charge is 0.496 e. The Labute approximate surface area is 101 Å². The summed E-state index contributed by atoms with van der Waals surface area (Å²) < 4.78 is 27.8. The molecular formula is C11H15ClO3S. The molecule has 16 heavy (non-hydrogen) atoms. The predicted octanol–water partition coefficient (Wildman–Crippen LogP) is 2.94. The van der Waals surface area contributed by atoms with Crippen LogP contribution >= 0.6 is 10.7 Å². The highest BCUT2D eigenvalue weighted by molar-refractivity contribution is 8.13. The topological polar surface area (TPSA) is 43.4 Å². The Hall–Kier alpha value is -0.740. The van der Waals surface area contributed by atoms with Crippen LogP contribution in [0.5, 0.6) is 5.75 Å². The van der Waals surface area contributed by atoms with Crippen LogP contribution in [0.4, 0.5) is 0 Å². The van der Waals surface area contributed by atoms with E-state index in [0.717, 1.165) is 11.1 Å². The SMILES string of the molecule is COc1cc(C)c(C)cc1C(C)S(=O)(=O)Cl. The van der Waals surface area contributed by atoms with Gasteiger partial charge in [0.05, 0.1) is 7.11 Å². The monoisotopic (exact) mass is 262 g/mol. The number of hydrogen-bond acceptors (Lipinski definition) is 3. The maximum absolute atomic E-state index is 11.3. The molecule has 0 N–H and O–H groups in total. The second-order valence-corrected chi connectivity index (χ2v) is 6.74. The zero-order chi connectivity index (χ0) is 12.5. The van der Waals surface area contributed by atoms with Crippen molar-refractivity contribution < 1.29 is 13.2 Å². The van der Waals surface area contributed by atoms with Crippen LogP contribution in [-0.2, 0) is 9.05 Å². The van der Waals surface area contributed by atoms with E-state index in [4.69, 9.17) is 15.4 Å². The van der Waals surface area contributed by atoms with Crippen LogP contribution in [-0.4, -0.2) is 15.5 Å². The molecule has 0 aliphatic carbocycles. The van der Waals surface area contributed by atoms with Crippen molar-refractivity contribution in [2.75, 3.05) is 7.11 Å². The molecule has 0 saturated carbocycles. The van der Waals surface area contributed by atoms with E-state index in [0.29, 0.717) is 11.3 Å². The zero-order valence-corrected chi connectivity index (χ0v) is 11.3. The second-order valence-electron chi connectivity index (χ2n) is 3.80. The molecule has 0 aliphatic rings. The van der Waals surface area contributed by atoms with Gasteiger partial charge in [0.2, 0.25) is 9.05 Å². The average molecular weight is 263 g/mol. The first-order valence-corrected chi connectivity index (χ1v) is 7.23. The van der Waals surface area contributed by atoms with Crippen molar-refractivity contribution in [1.29, 1.82) is 0 Å². The summed E-state index contributed by atoms with van der Waals surface area (Å²) in [4.78, 5) is 0. The van der Waals surface area contributed by atoms with Crippen LogP contribution in [0, 0.1) is 13.8 Å². The molecule has 0 aliphatic heterocycles. The van der Waals surface area contributed by atoms with Gasteiger partial charge >= 0.3 is 0 Å². The summed E-state index contributed by atoms with van der Waals surface area (Å²) >= 11 is 0. The van der Waals surface area contributed by atoms with E-state index in [-0.39, 0.29) is 0 Å². The first-order valence-electron chi connectivity index (χ1n) is 4.86. The van der Waals surface area contributed by atoms with E-state index in [2.05, 4.69) is 0 Å². The normalized spacial score (nSPS) is 13.6. The summed E-state index contributed by atoms with van der Waals surface area (Å²) in [5.74, 6) is 0.555. The van der Waals surface area contributed by atoms with Gasteiger partial charge in [0.1, 0.15) is 11.0 Å². The van der Waals surface area contributed by atoms with Gasteiger partial charge in [-0.05, 0) is 38.0 Å². The number of ether oxygens (including phenoxy) is 1. The molecule has 0 aromatic heterocycles. The molecule has 1 atom stereocenters. The van der Waals surface area contributed by atoms with Crippen LogP contribution in [0.2, 0.25) is 0 Å². The van der Waals surface area contributed by atoms with Gasteiger partial charge in [-0.15, -0.1) is 0 Å². The van der Waals surface area contributed by atoms with Gasteiger partial charge in [-0.3, -0.25) is 0 Å². The lowest BCUT2D eigenvalue weighted by atomic mass is 10.0. The molecule has 3 nitrogen and oxygen atoms in total. The van der Waals surface area contributed by atoms with E-state index in [9.17, 15) is 8.42 Å². The van der Waals surface area contributed by atoms with E-state index in [1.807, 2.05) is 19.9 Å². The summed E-state index contributed by atoms with van der Waals surface area (Å²) in [5, 5.41) is -0.775. The zero-order valence-electron chi connectivity index (χ0n) is 9.74. The Kier molecular flexibility index (Phi) is 3.86. The fourth-order valence-electron chi connectivity index (χ4n) is 1.46. The molecule has 1 rings (SSSR count). The average Bonchev–Trinajstić information content (AvgIpc) is 2.19. The lowest BCUT2D eigenvalue weighted by Crippen LogP contribution is -2.06. The van der Waals surface area contributed by atoms with E-state index in [1.165, 1.54) is 7.11 Å². The lowest BCUT2D eigenvalue weighted by Gasteiger charge is -2.15. The standard InChI is InChI=1S/C11H15ClO3S/c1-7-5-10(9(3)16(12,13)14)11(15-4)6-8(7)2/h5-6,9H,1-4H3. The van der Waals surface area contributed by atoms with E-state index < -0.39 is 14.3 Å².